The fourth-order valence-corrected chi connectivity index (χ4v) is 5.62. The lowest BCUT2D eigenvalue weighted by atomic mass is 9.67. The van der Waals surface area contributed by atoms with E-state index in [0.29, 0.717) is 22.8 Å². The van der Waals surface area contributed by atoms with Gasteiger partial charge in [-0.05, 0) is 54.5 Å². The van der Waals surface area contributed by atoms with Crippen molar-refractivity contribution in [2.24, 2.45) is 0 Å². The number of nitrogens with zero attached hydrogens (tertiary/aromatic N) is 3. The molecule has 1 aliphatic rings. The quantitative estimate of drug-likeness (QED) is 0.266. The average molecular weight is 480 g/mol. The van der Waals surface area contributed by atoms with Gasteiger partial charge in [-0.3, -0.25) is 0 Å². The van der Waals surface area contributed by atoms with E-state index in [2.05, 4.69) is 45.5 Å². The van der Waals surface area contributed by atoms with Crippen LogP contribution >= 0.6 is 22.9 Å². The highest BCUT2D eigenvalue weighted by Gasteiger charge is 2.33. The minimum atomic E-state index is 0.218. The van der Waals surface area contributed by atoms with Crippen molar-refractivity contribution in [1.82, 2.24) is 15.1 Å². The molecule has 2 aromatic carbocycles. The largest absolute Gasteiger partial charge is 0.488 e. The summed E-state index contributed by atoms with van der Waals surface area (Å²) in [5.74, 6) is 2.09. The number of aromatic nitrogens is 3. The molecule has 0 amide bonds. The van der Waals surface area contributed by atoms with E-state index >= 15 is 0 Å². The van der Waals surface area contributed by atoms with Gasteiger partial charge in [-0.15, -0.1) is 11.3 Å². The van der Waals surface area contributed by atoms with E-state index in [1.54, 1.807) is 6.20 Å². The van der Waals surface area contributed by atoms with E-state index in [-0.39, 0.29) is 5.41 Å². The van der Waals surface area contributed by atoms with Gasteiger partial charge in [0.2, 0.25) is 11.7 Å². The smallest absolute Gasteiger partial charge is 0.226 e. The molecule has 0 aliphatic heterocycles. The van der Waals surface area contributed by atoms with Gasteiger partial charge in [-0.2, -0.15) is 4.98 Å². The Balaban J connectivity index is 1.22. The third-order valence-corrected chi connectivity index (χ3v) is 7.59. The van der Waals surface area contributed by atoms with Gasteiger partial charge in [0.1, 0.15) is 12.4 Å². The molecular weight excluding hydrogens is 454 g/mol. The fraction of sp³-hybridized carbons (Fsp3) is 0.346. The molecule has 0 spiro atoms. The summed E-state index contributed by atoms with van der Waals surface area (Å²) in [4.78, 5) is 9.69. The molecule has 0 atom stereocenters. The van der Waals surface area contributed by atoms with Crippen molar-refractivity contribution in [3.63, 3.8) is 0 Å². The lowest BCUT2D eigenvalue weighted by molar-refractivity contribution is 0.261. The van der Waals surface area contributed by atoms with E-state index in [1.807, 2.05) is 24.3 Å². The van der Waals surface area contributed by atoms with E-state index in [9.17, 15) is 0 Å². The number of benzene rings is 2. The number of hydrogen-bond acceptors (Lipinski definition) is 6. The molecule has 0 bridgehead atoms. The molecule has 4 aromatic rings. The van der Waals surface area contributed by atoms with Crippen LogP contribution in [0.1, 0.15) is 54.9 Å². The SMILES string of the molecule is Clc1ncc(COc2ccc(-c3noc(CCC4(c5ccccc5)CCCCC4)n3)cc2)s1. The number of thiazole rings is 1. The summed E-state index contributed by atoms with van der Waals surface area (Å²) < 4.78 is 11.9. The summed E-state index contributed by atoms with van der Waals surface area (Å²) in [6, 6.07) is 18.7. The van der Waals surface area contributed by atoms with Gasteiger partial charge in [0, 0.05) is 18.2 Å². The first kappa shape index (κ1) is 22.1. The topological polar surface area (TPSA) is 61.0 Å². The van der Waals surface area contributed by atoms with Crippen molar-refractivity contribution in [3.05, 3.63) is 81.6 Å². The third kappa shape index (κ3) is 5.28. The van der Waals surface area contributed by atoms with Gasteiger partial charge in [0.15, 0.2) is 4.47 Å². The summed E-state index contributed by atoms with van der Waals surface area (Å²) in [5, 5.41) is 4.22. The Morgan fingerprint density at radius 2 is 1.79 bits per heavy atom. The third-order valence-electron chi connectivity index (χ3n) is 6.50. The van der Waals surface area contributed by atoms with Gasteiger partial charge < -0.3 is 9.26 Å². The molecule has 2 heterocycles. The Morgan fingerprint density at radius 1 is 1.00 bits per heavy atom. The fourth-order valence-electron chi connectivity index (χ4n) is 4.73. The first-order valence-corrected chi connectivity index (χ1v) is 12.6. The average Bonchev–Trinajstić information content (AvgIpc) is 3.52. The van der Waals surface area contributed by atoms with Crippen LogP contribution in [0, 0.1) is 0 Å². The Morgan fingerprint density at radius 3 is 2.52 bits per heavy atom. The number of rotatable bonds is 8. The maximum absolute atomic E-state index is 5.87. The molecule has 1 fully saturated rings. The summed E-state index contributed by atoms with van der Waals surface area (Å²) in [6.07, 6.45) is 9.92. The van der Waals surface area contributed by atoms with Crippen molar-refractivity contribution >= 4 is 22.9 Å². The number of hydrogen-bond donors (Lipinski definition) is 0. The molecule has 0 saturated heterocycles. The zero-order valence-electron chi connectivity index (χ0n) is 18.4. The van der Waals surface area contributed by atoms with Crippen LogP contribution in [0.5, 0.6) is 5.75 Å². The van der Waals surface area contributed by atoms with E-state index in [1.165, 1.54) is 49.0 Å². The summed E-state index contributed by atoms with van der Waals surface area (Å²) in [7, 11) is 0. The molecule has 0 radical (unpaired) electrons. The molecule has 5 nitrogen and oxygen atoms in total. The maximum Gasteiger partial charge on any atom is 0.226 e. The first-order valence-electron chi connectivity index (χ1n) is 11.4. The van der Waals surface area contributed by atoms with Crippen LogP contribution in [0.25, 0.3) is 11.4 Å². The summed E-state index contributed by atoms with van der Waals surface area (Å²) in [6.45, 7) is 0.444. The summed E-state index contributed by atoms with van der Waals surface area (Å²) in [5.41, 5.74) is 2.57. The lowest BCUT2D eigenvalue weighted by Gasteiger charge is -2.38. The molecule has 5 rings (SSSR count). The number of ether oxygens (including phenoxy) is 1. The zero-order chi connectivity index (χ0) is 22.5. The molecule has 0 N–H and O–H groups in total. The van der Waals surface area contributed by atoms with Crippen LogP contribution in [-0.4, -0.2) is 15.1 Å². The predicted molar refractivity (Wildman–Crippen MR) is 131 cm³/mol. The van der Waals surface area contributed by atoms with Gasteiger partial charge in [-0.1, -0.05) is 66.4 Å². The normalized spacial score (nSPS) is 15.4. The molecule has 0 unspecified atom stereocenters. The van der Waals surface area contributed by atoms with E-state index < -0.39 is 0 Å². The maximum atomic E-state index is 5.87. The van der Waals surface area contributed by atoms with Gasteiger partial charge in [0.25, 0.3) is 0 Å². The Hall–Kier alpha value is -2.70. The number of aryl methyl sites for hydroxylation is 1. The first-order chi connectivity index (χ1) is 16.2. The van der Waals surface area contributed by atoms with Crippen LogP contribution in [-0.2, 0) is 18.4 Å². The van der Waals surface area contributed by atoms with Crippen LogP contribution in [0.15, 0.2) is 65.3 Å². The molecular formula is C26H26ClN3O2S. The second-order valence-electron chi connectivity index (χ2n) is 8.61. The van der Waals surface area contributed by atoms with Crippen molar-refractivity contribution in [3.8, 4) is 17.1 Å². The predicted octanol–water partition coefficient (Wildman–Crippen LogP) is 7.26. The van der Waals surface area contributed by atoms with Crippen LogP contribution in [0.2, 0.25) is 4.47 Å². The van der Waals surface area contributed by atoms with Gasteiger partial charge in [-0.25, -0.2) is 4.98 Å². The van der Waals surface area contributed by atoms with Gasteiger partial charge >= 0.3 is 0 Å². The van der Waals surface area contributed by atoms with E-state index in [4.69, 9.17) is 20.9 Å². The standard InChI is InChI=1S/C26H26ClN3O2S/c27-25-28-17-22(33-25)18-31-21-11-9-19(10-12-21)24-29-23(32-30-24)13-16-26(14-5-2-6-15-26)20-7-3-1-4-8-20/h1,3-4,7-12,17H,2,5-6,13-16,18H2. The number of halogens is 1. The molecule has 2 aromatic heterocycles. The second kappa shape index (κ2) is 10.1. The van der Waals surface area contributed by atoms with Crippen LogP contribution in [0.3, 0.4) is 0 Å². The minimum absolute atomic E-state index is 0.218. The van der Waals surface area contributed by atoms with Crippen molar-refractivity contribution < 1.29 is 9.26 Å². The molecule has 33 heavy (non-hydrogen) atoms. The van der Waals surface area contributed by atoms with E-state index in [0.717, 1.165) is 29.0 Å². The minimum Gasteiger partial charge on any atom is -0.488 e. The lowest BCUT2D eigenvalue weighted by Crippen LogP contribution is -2.29. The zero-order valence-corrected chi connectivity index (χ0v) is 19.9. The Bertz CT molecular complexity index is 1170. The second-order valence-corrected chi connectivity index (χ2v) is 10.3. The molecule has 1 aliphatic carbocycles. The Kier molecular flexibility index (Phi) is 6.74. The summed E-state index contributed by atoms with van der Waals surface area (Å²) >= 11 is 7.29. The highest BCUT2D eigenvalue weighted by atomic mass is 35.5. The highest BCUT2D eigenvalue weighted by Crippen LogP contribution is 2.42. The molecule has 1 saturated carbocycles. The monoisotopic (exact) mass is 479 g/mol. The van der Waals surface area contributed by atoms with Gasteiger partial charge in [0.05, 0.1) is 4.88 Å². The van der Waals surface area contributed by atoms with Crippen molar-refractivity contribution in [2.75, 3.05) is 0 Å². The van der Waals surface area contributed by atoms with Crippen LogP contribution < -0.4 is 4.74 Å². The Labute approximate surface area is 202 Å². The van der Waals surface area contributed by atoms with Crippen LogP contribution in [0.4, 0.5) is 0 Å². The van der Waals surface area contributed by atoms with Crippen molar-refractivity contribution in [2.45, 2.75) is 57.0 Å². The molecule has 7 heteroatoms. The highest BCUT2D eigenvalue weighted by molar-refractivity contribution is 7.15. The van der Waals surface area contributed by atoms with Crippen molar-refractivity contribution in [1.29, 1.82) is 0 Å². The molecule has 170 valence electrons.